The highest BCUT2D eigenvalue weighted by Gasteiger charge is 2.55. The lowest BCUT2D eigenvalue weighted by Crippen LogP contribution is -2.33. The summed E-state index contributed by atoms with van der Waals surface area (Å²) in [6.07, 6.45) is 7.16. The summed E-state index contributed by atoms with van der Waals surface area (Å²) in [4.78, 5) is 24.8. The molecule has 24 heavy (non-hydrogen) atoms. The Bertz CT molecular complexity index is 590. The molecule has 0 unspecified atom stereocenters. The minimum absolute atomic E-state index is 0.0352. The highest BCUT2D eigenvalue weighted by molar-refractivity contribution is 5.98. The SMILES string of the molecule is C=C1C(=O)O[C@H]2C(=O)[C@H](C)CCC/C(C)=C/CC[C@@]3(C)O[C@H]3C[C@@H]12. The summed E-state index contributed by atoms with van der Waals surface area (Å²) >= 11 is 0. The topological polar surface area (TPSA) is 55.9 Å². The quantitative estimate of drug-likeness (QED) is 0.293. The van der Waals surface area contributed by atoms with Gasteiger partial charge in [-0.05, 0) is 52.4 Å². The molecule has 4 heteroatoms. The number of carbonyl (C=O) groups is 2. The summed E-state index contributed by atoms with van der Waals surface area (Å²) < 4.78 is 11.3. The Morgan fingerprint density at radius 2 is 2.08 bits per heavy atom. The van der Waals surface area contributed by atoms with Gasteiger partial charge in [0, 0.05) is 17.4 Å². The van der Waals surface area contributed by atoms with Crippen molar-refractivity contribution in [1.29, 1.82) is 0 Å². The van der Waals surface area contributed by atoms with E-state index in [1.165, 1.54) is 5.57 Å². The lowest BCUT2D eigenvalue weighted by atomic mass is 9.82. The van der Waals surface area contributed by atoms with Gasteiger partial charge in [-0.25, -0.2) is 4.79 Å². The number of epoxide rings is 1. The first-order chi connectivity index (χ1) is 11.3. The molecule has 0 amide bonds. The maximum Gasteiger partial charge on any atom is 0.334 e. The summed E-state index contributed by atoms with van der Waals surface area (Å²) in [7, 11) is 0. The normalized spacial score (nSPS) is 43.1. The van der Waals surface area contributed by atoms with Crippen molar-refractivity contribution in [2.24, 2.45) is 11.8 Å². The molecule has 0 aromatic rings. The fourth-order valence-electron chi connectivity index (χ4n) is 3.99. The number of allylic oxidation sites excluding steroid dienone is 2. The third-order valence-electron chi connectivity index (χ3n) is 5.92. The molecule has 2 fully saturated rings. The zero-order valence-corrected chi connectivity index (χ0v) is 15.0. The number of fused-ring (bicyclic) bond motifs is 2. The van der Waals surface area contributed by atoms with Gasteiger partial charge >= 0.3 is 5.97 Å². The molecule has 3 aliphatic rings. The summed E-state index contributed by atoms with van der Waals surface area (Å²) in [5.74, 6) is -0.722. The van der Waals surface area contributed by atoms with Crippen LogP contribution in [0.5, 0.6) is 0 Å². The first-order valence-corrected chi connectivity index (χ1v) is 9.09. The largest absolute Gasteiger partial charge is 0.450 e. The van der Waals surface area contributed by atoms with Crippen LogP contribution in [0.3, 0.4) is 0 Å². The third-order valence-corrected chi connectivity index (χ3v) is 5.92. The molecule has 1 aliphatic carbocycles. The Balaban J connectivity index is 1.81. The van der Waals surface area contributed by atoms with Crippen LogP contribution >= 0.6 is 0 Å². The molecule has 0 aromatic heterocycles. The fraction of sp³-hybridized carbons (Fsp3) is 0.700. The summed E-state index contributed by atoms with van der Waals surface area (Å²) in [5, 5.41) is 0. The van der Waals surface area contributed by atoms with Crippen molar-refractivity contribution in [3.8, 4) is 0 Å². The van der Waals surface area contributed by atoms with E-state index in [4.69, 9.17) is 9.47 Å². The Morgan fingerprint density at radius 3 is 2.83 bits per heavy atom. The monoisotopic (exact) mass is 332 g/mol. The Morgan fingerprint density at radius 1 is 1.33 bits per heavy atom. The van der Waals surface area contributed by atoms with Crippen molar-refractivity contribution >= 4 is 11.8 Å². The number of hydrogen-bond donors (Lipinski definition) is 0. The van der Waals surface area contributed by atoms with Gasteiger partial charge in [0.05, 0.1) is 11.7 Å². The second-order valence-electron chi connectivity index (χ2n) is 7.90. The van der Waals surface area contributed by atoms with Gasteiger partial charge in [0.1, 0.15) is 0 Å². The number of hydrogen-bond acceptors (Lipinski definition) is 4. The van der Waals surface area contributed by atoms with E-state index in [0.717, 1.165) is 32.1 Å². The summed E-state index contributed by atoms with van der Waals surface area (Å²) in [6.45, 7) is 10.1. The molecule has 2 aliphatic heterocycles. The molecular weight excluding hydrogens is 304 g/mol. The van der Waals surface area contributed by atoms with Gasteiger partial charge in [0.15, 0.2) is 11.9 Å². The minimum atomic E-state index is -0.673. The second-order valence-corrected chi connectivity index (χ2v) is 7.90. The van der Waals surface area contributed by atoms with E-state index >= 15 is 0 Å². The smallest absolute Gasteiger partial charge is 0.334 e. The van der Waals surface area contributed by atoms with Crippen molar-refractivity contribution in [3.05, 3.63) is 23.8 Å². The van der Waals surface area contributed by atoms with Crippen LogP contribution in [0.2, 0.25) is 0 Å². The third kappa shape index (κ3) is 3.34. The van der Waals surface area contributed by atoms with Crippen LogP contribution in [0, 0.1) is 11.8 Å². The van der Waals surface area contributed by atoms with Gasteiger partial charge < -0.3 is 9.47 Å². The Kier molecular flexibility index (Phi) is 4.69. The standard InChI is InChI=1S/C20H28O4/c1-12-7-5-9-13(2)17(21)18-15(14(3)19(22)23-18)11-16-20(4,24-16)10-6-8-12/h8,13,15-16,18H,3,5-7,9-11H2,1-2,4H3/b12-8+/t13-,15+,16+,18-,20-/m1/s1. The molecule has 0 N–H and O–H groups in total. The molecule has 0 radical (unpaired) electrons. The number of ether oxygens (including phenoxy) is 2. The zero-order chi connectivity index (χ0) is 17.5. The van der Waals surface area contributed by atoms with Crippen molar-refractivity contribution in [3.63, 3.8) is 0 Å². The predicted molar refractivity (Wildman–Crippen MR) is 91.4 cm³/mol. The second kappa shape index (κ2) is 6.47. The lowest BCUT2D eigenvalue weighted by molar-refractivity contribution is -0.148. The molecule has 0 saturated carbocycles. The van der Waals surface area contributed by atoms with Crippen LogP contribution in [0.15, 0.2) is 23.8 Å². The molecule has 2 saturated heterocycles. The molecular formula is C20H28O4. The van der Waals surface area contributed by atoms with E-state index in [1.807, 2.05) is 6.92 Å². The van der Waals surface area contributed by atoms with E-state index in [9.17, 15) is 9.59 Å². The van der Waals surface area contributed by atoms with Crippen LogP contribution < -0.4 is 0 Å². The number of rotatable bonds is 0. The molecule has 0 bridgehead atoms. The molecule has 5 atom stereocenters. The van der Waals surface area contributed by atoms with Crippen LogP contribution in [0.25, 0.3) is 0 Å². The van der Waals surface area contributed by atoms with Crippen molar-refractivity contribution in [2.45, 2.75) is 77.1 Å². The van der Waals surface area contributed by atoms with Crippen molar-refractivity contribution in [2.75, 3.05) is 0 Å². The predicted octanol–water partition coefficient (Wildman–Crippen LogP) is 3.75. The molecule has 4 nitrogen and oxygen atoms in total. The average molecular weight is 332 g/mol. The van der Waals surface area contributed by atoms with Crippen LogP contribution in [-0.4, -0.2) is 29.6 Å². The highest BCUT2D eigenvalue weighted by atomic mass is 16.6. The molecule has 0 aromatic carbocycles. The van der Waals surface area contributed by atoms with E-state index in [0.29, 0.717) is 12.0 Å². The zero-order valence-electron chi connectivity index (χ0n) is 15.0. The molecule has 132 valence electrons. The molecule has 3 rings (SSSR count). The minimum Gasteiger partial charge on any atom is -0.450 e. The van der Waals surface area contributed by atoms with Gasteiger partial charge in [0.25, 0.3) is 0 Å². The fourth-order valence-corrected chi connectivity index (χ4v) is 3.99. The Hall–Kier alpha value is -1.42. The van der Waals surface area contributed by atoms with E-state index in [-0.39, 0.29) is 29.3 Å². The number of ketones is 1. The van der Waals surface area contributed by atoms with E-state index in [2.05, 4.69) is 26.5 Å². The van der Waals surface area contributed by atoms with Crippen molar-refractivity contribution in [1.82, 2.24) is 0 Å². The summed E-state index contributed by atoms with van der Waals surface area (Å²) in [5.41, 5.74) is 1.67. The van der Waals surface area contributed by atoms with E-state index < -0.39 is 12.1 Å². The first-order valence-electron chi connectivity index (χ1n) is 9.09. The summed E-state index contributed by atoms with van der Waals surface area (Å²) in [6, 6.07) is 0. The number of esters is 1. The van der Waals surface area contributed by atoms with Gasteiger partial charge in [0.2, 0.25) is 0 Å². The highest BCUT2D eigenvalue weighted by Crippen LogP contribution is 2.47. The number of carbonyl (C=O) groups excluding carboxylic acids is 2. The average Bonchev–Trinajstić information content (AvgIpc) is 3.08. The van der Waals surface area contributed by atoms with Crippen LogP contribution in [-0.2, 0) is 19.1 Å². The van der Waals surface area contributed by atoms with Crippen molar-refractivity contribution < 1.29 is 19.1 Å². The van der Waals surface area contributed by atoms with Crippen LogP contribution in [0.1, 0.15) is 59.3 Å². The maximum atomic E-state index is 12.8. The van der Waals surface area contributed by atoms with Gasteiger partial charge in [-0.2, -0.15) is 0 Å². The van der Waals surface area contributed by atoms with E-state index in [1.54, 1.807) is 0 Å². The lowest BCUT2D eigenvalue weighted by Gasteiger charge is -2.20. The molecule has 2 heterocycles. The van der Waals surface area contributed by atoms with Crippen LogP contribution in [0.4, 0.5) is 0 Å². The maximum absolute atomic E-state index is 12.8. The number of Topliss-reactive ketones (excluding diaryl/α,β-unsaturated/α-hetero) is 1. The van der Waals surface area contributed by atoms with Gasteiger partial charge in [-0.15, -0.1) is 0 Å². The Labute approximate surface area is 144 Å². The first kappa shape index (κ1) is 17.4. The van der Waals surface area contributed by atoms with Gasteiger partial charge in [-0.1, -0.05) is 25.2 Å². The molecule has 0 spiro atoms. The van der Waals surface area contributed by atoms with Gasteiger partial charge in [-0.3, -0.25) is 4.79 Å².